The summed E-state index contributed by atoms with van der Waals surface area (Å²) >= 11 is 0. The number of rotatable bonds is 3. The molecule has 0 aromatic carbocycles. The Morgan fingerprint density at radius 1 is 2.00 bits per heavy atom. The van der Waals surface area contributed by atoms with Crippen molar-refractivity contribution in [2.75, 3.05) is 6.61 Å². The molecule has 2 atom stereocenters. The zero-order chi connectivity index (χ0) is 8.48. The number of ether oxygens (including phenoxy) is 1. The SMILES string of the molecule is C=CC1C[C@]1([NH3+])C(=O)OCC. The molecule has 1 unspecified atom stereocenters. The molecular formula is C8H14NO2+. The van der Waals surface area contributed by atoms with Gasteiger partial charge in [0.05, 0.1) is 6.61 Å². The molecule has 1 fully saturated rings. The van der Waals surface area contributed by atoms with Crippen LogP contribution in [0.15, 0.2) is 12.7 Å². The molecule has 0 aliphatic heterocycles. The average molecular weight is 156 g/mol. The van der Waals surface area contributed by atoms with Crippen molar-refractivity contribution < 1.29 is 15.3 Å². The van der Waals surface area contributed by atoms with Crippen molar-refractivity contribution in [3.05, 3.63) is 12.7 Å². The lowest BCUT2D eigenvalue weighted by Crippen LogP contribution is -2.69. The highest BCUT2D eigenvalue weighted by Gasteiger charge is 2.61. The van der Waals surface area contributed by atoms with Gasteiger partial charge in [-0.05, 0) is 6.92 Å². The first-order chi connectivity index (χ1) is 5.15. The number of carbonyl (C=O) groups excluding carboxylic acids is 1. The van der Waals surface area contributed by atoms with E-state index >= 15 is 0 Å². The van der Waals surface area contributed by atoms with E-state index in [1.54, 1.807) is 13.0 Å². The summed E-state index contributed by atoms with van der Waals surface area (Å²) in [5.74, 6) is 0.0338. The summed E-state index contributed by atoms with van der Waals surface area (Å²) in [6.07, 6.45) is 2.55. The second kappa shape index (κ2) is 2.66. The van der Waals surface area contributed by atoms with Crippen molar-refractivity contribution in [1.82, 2.24) is 0 Å². The monoisotopic (exact) mass is 156 g/mol. The first kappa shape index (κ1) is 8.27. The molecule has 11 heavy (non-hydrogen) atoms. The lowest BCUT2D eigenvalue weighted by Gasteiger charge is -2.04. The third-order valence-corrected chi connectivity index (χ3v) is 2.10. The van der Waals surface area contributed by atoms with Crippen LogP contribution in [-0.4, -0.2) is 18.1 Å². The van der Waals surface area contributed by atoms with E-state index in [9.17, 15) is 4.79 Å². The van der Waals surface area contributed by atoms with Crippen LogP contribution in [0.5, 0.6) is 0 Å². The zero-order valence-electron chi connectivity index (χ0n) is 6.80. The highest BCUT2D eigenvalue weighted by molar-refractivity contribution is 5.83. The van der Waals surface area contributed by atoms with Gasteiger partial charge in [0.2, 0.25) is 0 Å². The van der Waals surface area contributed by atoms with Gasteiger partial charge in [0.15, 0.2) is 5.54 Å². The molecule has 3 heteroatoms. The maximum atomic E-state index is 11.2. The van der Waals surface area contributed by atoms with Gasteiger partial charge >= 0.3 is 5.97 Å². The van der Waals surface area contributed by atoms with Gasteiger partial charge in [0, 0.05) is 12.3 Å². The van der Waals surface area contributed by atoms with Crippen LogP contribution >= 0.6 is 0 Å². The van der Waals surface area contributed by atoms with Crippen LogP contribution < -0.4 is 5.73 Å². The maximum absolute atomic E-state index is 11.2. The number of quaternary nitrogens is 1. The predicted molar refractivity (Wildman–Crippen MR) is 40.6 cm³/mol. The van der Waals surface area contributed by atoms with Crippen molar-refractivity contribution in [1.29, 1.82) is 0 Å². The van der Waals surface area contributed by atoms with Gasteiger partial charge in [-0.15, -0.1) is 6.58 Å². The van der Waals surface area contributed by atoms with Crippen LogP contribution in [-0.2, 0) is 9.53 Å². The van der Waals surface area contributed by atoms with Gasteiger partial charge in [0.25, 0.3) is 0 Å². The molecule has 1 aliphatic carbocycles. The number of hydrogen-bond acceptors (Lipinski definition) is 2. The van der Waals surface area contributed by atoms with Gasteiger partial charge in [-0.25, -0.2) is 4.79 Å². The molecule has 3 N–H and O–H groups in total. The highest BCUT2D eigenvalue weighted by atomic mass is 16.5. The van der Waals surface area contributed by atoms with Crippen molar-refractivity contribution in [2.45, 2.75) is 18.9 Å². The topological polar surface area (TPSA) is 53.9 Å². The molecular weight excluding hydrogens is 142 g/mol. The van der Waals surface area contributed by atoms with E-state index in [1.807, 2.05) is 0 Å². The highest BCUT2D eigenvalue weighted by Crippen LogP contribution is 2.40. The van der Waals surface area contributed by atoms with Gasteiger partial charge in [-0.1, -0.05) is 6.08 Å². The van der Waals surface area contributed by atoms with Crippen LogP contribution in [0.25, 0.3) is 0 Å². The number of hydrogen-bond donors (Lipinski definition) is 1. The summed E-state index contributed by atoms with van der Waals surface area (Å²) in [4.78, 5) is 11.2. The second-order valence-electron chi connectivity index (χ2n) is 2.92. The van der Waals surface area contributed by atoms with Crippen LogP contribution in [0.4, 0.5) is 0 Å². The Balaban J connectivity index is 2.49. The molecule has 0 amide bonds. The maximum Gasteiger partial charge on any atom is 0.368 e. The summed E-state index contributed by atoms with van der Waals surface area (Å²) in [5.41, 5.74) is 3.30. The Morgan fingerprint density at radius 3 is 3.00 bits per heavy atom. The lowest BCUT2D eigenvalue weighted by atomic mass is 10.2. The molecule has 1 saturated carbocycles. The molecule has 0 aromatic rings. The van der Waals surface area contributed by atoms with E-state index < -0.39 is 5.54 Å². The minimum absolute atomic E-state index is 0.190. The largest absolute Gasteiger partial charge is 0.461 e. The van der Waals surface area contributed by atoms with Crippen LogP contribution in [0.2, 0.25) is 0 Å². The fraction of sp³-hybridized carbons (Fsp3) is 0.625. The quantitative estimate of drug-likeness (QED) is 0.452. The van der Waals surface area contributed by atoms with Crippen molar-refractivity contribution in [3.63, 3.8) is 0 Å². The lowest BCUT2D eigenvalue weighted by molar-refractivity contribution is -0.428. The Hall–Kier alpha value is -0.830. The molecule has 3 nitrogen and oxygen atoms in total. The van der Waals surface area contributed by atoms with Crippen molar-refractivity contribution in [2.24, 2.45) is 5.92 Å². The molecule has 0 heterocycles. The average Bonchev–Trinajstić information content (AvgIpc) is 2.64. The fourth-order valence-corrected chi connectivity index (χ4v) is 1.15. The van der Waals surface area contributed by atoms with Gasteiger partial charge in [0.1, 0.15) is 0 Å². The minimum atomic E-state index is -0.502. The first-order valence-corrected chi connectivity index (χ1v) is 3.80. The van der Waals surface area contributed by atoms with E-state index in [1.165, 1.54) is 0 Å². The third-order valence-electron chi connectivity index (χ3n) is 2.10. The zero-order valence-corrected chi connectivity index (χ0v) is 6.80. The first-order valence-electron chi connectivity index (χ1n) is 3.80. The van der Waals surface area contributed by atoms with Gasteiger partial charge in [-0.2, -0.15) is 0 Å². The van der Waals surface area contributed by atoms with E-state index in [0.29, 0.717) is 6.61 Å². The van der Waals surface area contributed by atoms with E-state index in [4.69, 9.17) is 4.74 Å². The van der Waals surface area contributed by atoms with E-state index in [-0.39, 0.29) is 11.9 Å². The summed E-state index contributed by atoms with van der Waals surface area (Å²) in [5, 5.41) is 0. The van der Waals surface area contributed by atoms with Crippen molar-refractivity contribution in [3.8, 4) is 0 Å². The Kier molecular flexibility index (Phi) is 2.00. The molecule has 0 radical (unpaired) electrons. The predicted octanol–water partition coefficient (Wildman–Crippen LogP) is -0.264. The summed E-state index contributed by atoms with van der Waals surface area (Å²) < 4.78 is 4.85. The summed E-state index contributed by atoms with van der Waals surface area (Å²) in [6.45, 7) is 5.84. The van der Waals surface area contributed by atoms with Gasteiger partial charge < -0.3 is 10.5 Å². The van der Waals surface area contributed by atoms with Crippen LogP contribution in [0, 0.1) is 5.92 Å². The molecule has 1 aliphatic rings. The molecule has 62 valence electrons. The van der Waals surface area contributed by atoms with Crippen LogP contribution in [0.3, 0.4) is 0 Å². The fourth-order valence-electron chi connectivity index (χ4n) is 1.15. The standard InChI is InChI=1S/C8H13NO2/c1-3-6-5-8(6,9)7(10)11-4-2/h3,6H,1,4-5,9H2,2H3/p+1/t6?,8-/m1/s1. The van der Waals surface area contributed by atoms with Gasteiger partial charge in [-0.3, -0.25) is 0 Å². The normalized spacial score (nSPS) is 34.5. The van der Waals surface area contributed by atoms with E-state index in [0.717, 1.165) is 6.42 Å². The number of esters is 1. The molecule has 0 bridgehead atoms. The van der Waals surface area contributed by atoms with Crippen molar-refractivity contribution >= 4 is 5.97 Å². The number of carbonyl (C=O) groups is 1. The minimum Gasteiger partial charge on any atom is -0.461 e. The second-order valence-corrected chi connectivity index (χ2v) is 2.92. The smallest absolute Gasteiger partial charge is 0.368 e. The Labute approximate surface area is 66.2 Å². The van der Waals surface area contributed by atoms with Crippen LogP contribution in [0.1, 0.15) is 13.3 Å². The molecule has 0 spiro atoms. The molecule has 1 rings (SSSR count). The Bertz CT molecular complexity index is 191. The molecule has 0 saturated heterocycles. The van der Waals surface area contributed by atoms with E-state index in [2.05, 4.69) is 12.3 Å². The summed E-state index contributed by atoms with van der Waals surface area (Å²) in [7, 11) is 0. The summed E-state index contributed by atoms with van der Waals surface area (Å²) in [6, 6.07) is 0. The third kappa shape index (κ3) is 1.28. The Morgan fingerprint density at radius 2 is 2.64 bits per heavy atom. The molecule has 0 aromatic heterocycles.